The number of aryl methyl sites for hydroxylation is 1. The maximum atomic E-state index is 12.4. The third kappa shape index (κ3) is 4.69. The molecule has 3 rings (SSSR count). The number of amides is 1. The van der Waals surface area contributed by atoms with Crippen molar-refractivity contribution < 1.29 is 22.5 Å². The van der Waals surface area contributed by atoms with Crippen LogP contribution in [-0.2, 0) is 21.3 Å². The SMILES string of the molecule is Cc1cc(CNC(=O)c2cccc(S(=O)(=O)NC[C@H]3CCOC3)c2)no1. The van der Waals surface area contributed by atoms with Gasteiger partial charge in [0.2, 0.25) is 10.0 Å². The normalized spacial score (nSPS) is 17.3. The molecule has 1 aromatic heterocycles. The molecule has 2 heterocycles. The number of hydrogen-bond acceptors (Lipinski definition) is 6. The fourth-order valence-electron chi connectivity index (χ4n) is 2.63. The van der Waals surface area contributed by atoms with Crippen molar-refractivity contribution in [2.75, 3.05) is 19.8 Å². The summed E-state index contributed by atoms with van der Waals surface area (Å²) in [5, 5.41) is 6.49. The summed E-state index contributed by atoms with van der Waals surface area (Å²) in [6, 6.07) is 7.65. The number of carbonyl (C=O) groups is 1. The largest absolute Gasteiger partial charge is 0.381 e. The van der Waals surface area contributed by atoms with Crippen LogP contribution in [0.4, 0.5) is 0 Å². The molecule has 1 saturated heterocycles. The van der Waals surface area contributed by atoms with Crippen molar-refractivity contribution in [2.24, 2.45) is 5.92 Å². The van der Waals surface area contributed by atoms with Crippen molar-refractivity contribution in [3.05, 3.63) is 47.3 Å². The van der Waals surface area contributed by atoms with Crippen LogP contribution in [0.15, 0.2) is 39.8 Å². The third-order valence-electron chi connectivity index (χ3n) is 4.10. The highest BCUT2D eigenvalue weighted by Crippen LogP contribution is 2.15. The van der Waals surface area contributed by atoms with Gasteiger partial charge in [-0.3, -0.25) is 4.79 Å². The first kappa shape index (κ1) is 18.6. The minimum Gasteiger partial charge on any atom is -0.381 e. The summed E-state index contributed by atoms with van der Waals surface area (Å²) in [5.74, 6) is 0.454. The van der Waals surface area contributed by atoms with E-state index in [1.54, 1.807) is 25.1 Å². The van der Waals surface area contributed by atoms with Crippen LogP contribution in [0.5, 0.6) is 0 Å². The van der Waals surface area contributed by atoms with E-state index in [2.05, 4.69) is 15.2 Å². The lowest BCUT2D eigenvalue weighted by atomic mass is 10.1. The van der Waals surface area contributed by atoms with Gasteiger partial charge in [0.1, 0.15) is 11.5 Å². The standard InChI is InChI=1S/C17H21N3O5S/c1-12-7-15(20-25-12)10-18-17(21)14-3-2-4-16(8-14)26(22,23)19-9-13-5-6-24-11-13/h2-4,7-8,13,19H,5-6,9-11H2,1H3,(H,18,21)/t13-/m1/s1. The zero-order valence-corrected chi connectivity index (χ0v) is 15.2. The Morgan fingerprint density at radius 2 is 2.19 bits per heavy atom. The molecule has 2 aromatic rings. The maximum Gasteiger partial charge on any atom is 0.251 e. The van der Waals surface area contributed by atoms with Gasteiger partial charge in [-0.15, -0.1) is 0 Å². The van der Waals surface area contributed by atoms with Gasteiger partial charge in [-0.2, -0.15) is 0 Å². The van der Waals surface area contributed by atoms with E-state index >= 15 is 0 Å². The number of benzene rings is 1. The molecular weight excluding hydrogens is 358 g/mol. The molecule has 0 bridgehead atoms. The molecule has 9 heteroatoms. The molecule has 1 aliphatic heterocycles. The molecule has 8 nitrogen and oxygen atoms in total. The van der Waals surface area contributed by atoms with Gasteiger partial charge in [0.25, 0.3) is 5.91 Å². The first-order valence-corrected chi connectivity index (χ1v) is 9.80. The van der Waals surface area contributed by atoms with Crippen molar-refractivity contribution in [1.29, 1.82) is 0 Å². The van der Waals surface area contributed by atoms with Crippen LogP contribution in [0.2, 0.25) is 0 Å². The molecule has 26 heavy (non-hydrogen) atoms. The molecule has 0 radical (unpaired) electrons. The van der Waals surface area contributed by atoms with Gasteiger partial charge in [-0.25, -0.2) is 13.1 Å². The summed E-state index contributed by atoms with van der Waals surface area (Å²) in [7, 11) is -3.68. The minimum absolute atomic E-state index is 0.0568. The highest BCUT2D eigenvalue weighted by Gasteiger charge is 2.21. The van der Waals surface area contributed by atoms with E-state index in [0.717, 1.165) is 6.42 Å². The van der Waals surface area contributed by atoms with E-state index in [0.29, 0.717) is 31.2 Å². The van der Waals surface area contributed by atoms with Crippen LogP contribution in [0.1, 0.15) is 28.2 Å². The summed E-state index contributed by atoms with van der Waals surface area (Å²) in [6.45, 7) is 3.51. The van der Waals surface area contributed by atoms with E-state index in [1.807, 2.05) is 0 Å². The van der Waals surface area contributed by atoms with Crippen LogP contribution < -0.4 is 10.0 Å². The molecule has 1 aliphatic rings. The van der Waals surface area contributed by atoms with Crippen molar-refractivity contribution in [3.63, 3.8) is 0 Å². The Hall–Kier alpha value is -2.23. The maximum absolute atomic E-state index is 12.4. The molecule has 0 unspecified atom stereocenters. The second kappa shape index (κ2) is 7.98. The van der Waals surface area contributed by atoms with Gasteiger partial charge in [-0.1, -0.05) is 11.2 Å². The Balaban J connectivity index is 1.63. The van der Waals surface area contributed by atoms with Gasteiger partial charge >= 0.3 is 0 Å². The van der Waals surface area contributed by atoms with Crippen LogP contribution in [0.3, 0.4) is 0 Å². The monoisotopic (exact) mass is 379 g/mol. The number of carbonyl (C=O) groups excluding carboxylic acids is 1. The predicted octanol–water partition coefficient (Wildman–Crippen LogP) is 1.23. The minimum atomic E-state index is -3.68. The molecule has 1 fully saturated rings. The number of ether oxygens (including phenoxy) is 1. The van der Waals surface area contributed by atoms with Gasteiger partial charge in [0.05, 0.1) is 18.0 Å². The van der Waals surface area contributed by atoms with E-state index in [9.17, 15) is 13.2 Å². The number of hydrogen-bond donors (Lipinski definition) is 2. The zero-order valence-electron chi connectivity index (χ0n) is 14.4. The summed E-state index contributed by atoms with van der Waals surface area (Å²) < 4.78 is 37.6. The quantitative estimate of drug-likeness (QED) is 0.749. The topological polar surface area (TPSA) is 111 Å². The van der Waals surface area contributed by atoms with E-state index in [1.165, 1.54) is 12.1 Å². The summed E-state index contributed by atoms with van der Waals surface area (Å²) >= 11 is 0. The average Bonchev–Trinajstić information content (AvgIpc) is 3.29. The Morgan fingerprint density at radius 1 is 1.35 bits per heavy atom. The fraction of sp³-hybridized carbons (Fsp3) is 0.412. The lowest BCUT2D eigenvalue weighted by Crippen LogP contribution is -2.30. The van der Waals surface area contributed by atoms with Crippen molar-refractivity contribution in [2.45, 2.75) is 24.8 Å². The lowest BCUT2D eigenvalue weighted by Gasteiger charge is -2.11. The molecule has 140 valence electrons. The fourth-order valence-corrected chi connectivity index (χ4v) is 3.80. The van der Waals surface area contributed by atoms with E-state index in [-0.39, 0.29) is 28.8 Å². The van der Waals surface area contributed by atoms with Crippen molar-refractivity contribution >= 4 is 15.9 Å². The van der Waals surface area contributed by atoms with Crippen LogP contribution in [-0.4, -0.2) is 39.2 Å². The highest BCUT2D eigenvalue weighted by molar-refractivity contribution is 7.89. The zero-order chi connectivity index (χ0) is 18.6. The lowest BCUT2D eigenvalue weighted by molar-refractivity contribution is 0.0950. The smallest absolute Gasteiger partial charge is 0.251 e. The summed E-state index contributed by atoms with van der Waals surface area (Å²) in [5.41, 5.74) is 0.859. The van der Waals surface area contributed by atoms with E-state index in [4.69, 9.17) is 9.26 Å². The molecule has 1 amide bonds. The Labute approximate surface area is 152 Å². The van der Waals surface area contributed by atoms with Crippen molar-refractivity contribution in [1.82, 2.24) is 15.2 Å². The average molecular weight is 379 g/mol. The van der Waals surface area contributed by atoms with Gasteiger partial charge in [0.15, 0.2) is 0 Å². The molecule has 0 saturated carbocycles. The van der Waals surface area contributed by atoms with Crippen LogP contribution >= 0.6 is 0 Å². The molecule has 2 N–H and O–H groups in total. The Bertz CT molecular complexity index is 872. The predicted molar refractivity (Wildman–Crippen MR) is 93.0 cm³/mol. The molecule has 0 spiro atoms. The van der Waals surface area contributed by atoms with Gasteiger partial charge in [-0.05, 0) is 37.5 Å². The number of sulfonamides is 1. The Morgan fingerprint density at radius 3 is 2.88 bits per heavy atom. The number of rotatable bonds is 7. The van der Waals surface area contributed by atoms with Gasteiger partial charge < -0.3 is 14.6 Å². The van der Waals surface area contributed by atoms with Crippen LogP contribution in [0.25, 0.3) is 0 Å². The number of aromatic nitrogens is 1. The number of nitrogens with one attached hydrogen (secondary N) is 2. The second-order valence-electron chi connectivity index (χ2n) is 6.22. The molecule has 0 aliphatic carbocycles. The molecule has 1 atom stereocenters. The highest BCUT2D eigenvalue weighted by atomic mass is 32.2. The summed E-state index contributed by atoms with van der Waals surface area (Å²) in [4.78, 5) is 12.3. The van der Waals surface area contributed by atoms with Gasteiger partial charge in [0, 0.05) is 24.8 Å². The van der Waals surface area contributed by atoms with Crippen LogP contribution in [0, 0.1) is 12.8 Å². The number of nitrogens with zero attached hydrogens (tertiary/aromatic N) is 1. The Kier molecular flexibility index (Phi) is 5.70. The molecule has 1 aromatic carbocycles. The van der Waals surface area contributed by atoms with Crippen molar-refractivity contribution in [3.8, 4) is 0 Å². The third-order valence-corrected chi connectivity index (χ3v) is 5.52. The first-order valence-electron chi connectivity index (χ1n) is 8.32. The van der Waals surface area contributed by atoms with E-state index < -0.39 is 10.0 Å². The second-order valence-corrected chi connectivity index (χ2v) is 7.99. The summed E-state index contributed by atoms with van der Waals surface area (Å²) in [6.07, 6.45) is 0.840. The first-order chi connectivity index (χ1) is 12.4. The molecular formula is C17H21N3O5S.